The molecule has 0 aliphatic carbocycles. The first-order valence-electron chi connectivity index (χ1n) is 7.71. The van der Waals surface area contributed by atoms with Crippen molar-refractivity contribution in [2.45, 2.75) is 6.92 Å². The van der Waals surface area contributed by atoms with Gasteiger partial charge in [-0.15, -0.1) is 0 Å². The first-order valence-corrected chi connectivity index (χ1v) is 8.49. The van der Waals surface area contributed by atoms with Crippen molar-refractivity contribution in [3.05, 3.63) is 58.6 Å². The number of methoxy groups -OCH3 is 2. The second-order valence-corrected chi connectivity index (χ2v) is 6.17. The van der Waals surface area contributed by atoms with E-state index >= 15 is 0 Å². The fourth-order valence-corrected chi connectivity index (χ4v) is 2.51. The molecule has 2 aromatic rings. The van der Waals surface area contributed by atoms with E-state index in [9.17, 15) is 4.79 Å². The third-order valence-electron chi connectivity index (χ3n) is 3.50. The predicted octanol–water partition coefficient (Wildman–Crippen LogP) is 4.19. The van der Waals surface area contributed by atoms with E-state index in [1.165, 1.54) is 6.08 Å². The zero-order valence-corrected chi connectivity index (χ0v) is 16.2. The van der Waals surface area contributed by atoms with Gasteiger partial charge in [-0.25, -0.2) is 0 Å². The second-order valence-electron chi connectivity index (χ2n) is 5.36. The molecule has 0 fully saturated rings. The molecular weight excluding hydrogens is 372 g/mol. The van der Waals surface area contributed by atoms with E-state index in [1.807, 2.05) is 25.1 Å². The number of carbonyl (C=O) groups excluding carboxylic acids is 1. The third kappa shape index (κ3) is 5.47. The maximum atomic E-state index is 12.0. The fourth-order valence-electron chi connectivity index (χ4n) is 2.11. The minimum atomic E-state index is -0.351. The zero-order valence-electron chi connectivity index (χ0n) is 14.6. The Morgan fingerprint density at radius 2 is 1.85 bits per heavy atom. The number of ether oxygens (including phenoxy) is 2. The average Bonchev–Trinajstić information content (AvgIpc) is 2.62. The summed E-state index contributed by atoms with van der Waals surface area (Å²) in [6, 6.07) is 10.8. The second kappa shape index (κ2) is 9.22. The Morgan fingerprint density at radius 1 is 1.12 bits per heavy atom. The van der Waals surface area contributed by atoms with Gasteiger partial charge in [-0.05, 0) is 60.6 Å². The van der Waals surface area contributed by atoms with Gasteiger partial charge < -0.3 is 14.8 Å². The largest absolute Gasteiger partial charge is 0.493 e. The molecule has 2 N–H and O–H groups in total. The minimum Gasteiger partial charge on any atom is -0.493 e. The molecule has 0 aliphatic heterocycles. The number of amides is 1. The van der Waals surface area contributed by atoms with Crippen LogP contribution < -0.4 is 20.1 Å². The Bertz CT molecular complexity index is 853. The van der Waals surface area contributed by atoms with Crippen LogP contribution in [0.1, 0.15) is 11.1 Å². The molecule has 0 aromatic heterocycles. The van der Waals surface area contributed by atoms with Crippen LogP contribution in [0, 0.1) is 6.92 Å². The van der Waals surface area contributed by atoms with Crippen LogP contribution in [0.3, 0.4) is 0 Å². The van der Waals surface area contributed by atoms with E-state index in [0.717, 1.165) is 11.1 Å². The number of halogens is 1. The van der Waals surface area contributed by atoms with Gasteiger partial charge in [-0.3, -0.25) is 10.1 Å². The first-order chi connectivity index (χ1) is 12.4. The standard InChI is InChI=1S/C19H19ClN2O3S/c1-12-4-7-14(11-15(12)20)21-19(26)22-18(23)9-6-13-5-8-16(24-2)17(10-13)25-3/h4-11H,1-3H3,(H2,21,22,23,26). The molecule has 26 heavy (non-hydrogen) atoms. The molecular formula is C19H19ClN2O3S. The summed E-state index contributed by atoms with van der Waals surface area (Å²) in [6.07, 6.45) is 3.04. The van der Waals surface area contributed by atoms with Crippen molar-refractivity contribution in [3.63, 3.8) is 0 Å². The number of nitrogens with one attached hydrogen (secondary N) is 2. The molecule has 136 valence electrons. The molecule has 0 aliphatic rings. The van der Waals surface area contributed by atoms with Crippen molar-refractivity contribution >= 4 is 46.6 Å². The van der Waals surface area contributed by atoms with Gasteiger partial charge in [0.2, 0.25) is 5.91 Å². The summed E-state index contributed by atoms with van der Waals surface area (Å²) in [5.74, 6) is 0.857. The van der Waals surface area contributed by atoms with Crippen LogP contribution in [0.15, 0.2) is 42.5 Å². The van der Waals surface area contributed by atoms with Gasteiger partial charge >= 0.3 is 0 Å². The molecule has 7 heteroatoms. The molecule has 0 bridgehead atoms. The van der Waals surface area contributed by atoms with E-state index in [4.69, 9.17) is 33.3 Å². The number of aryl methyl sites for hydroxylation is 1. The Morgan fingerprint density at radius 3 is 2.50 bits per heavy atom. The summed E-state index contributed by atoms with van der Waals surface area (Å²) in [7, 11) is 3.12. The topological polar surface area (TPSA) is 59.6 Å². The van der Waals surface area contributed by atoms with Gasteiger partial charge in [-0.2, -0.15) is 0 Å². The van der Waals surface area contributed by atoms with Gasteiger partial charge in [0.1, 0.15) is 0 Å². The summed E-state index contributed by atoms with van der Waals surface area (Å²) in [5, 5.41) is 6.31. The highest BCUT2D eigenvalue weighted by atomic mass is 35.5. The number of benzene rings is 2. The van der Waals surface area contributed by atoms with Crippen LogP contribution in [-0.2, 0) is 4.79 Å². The van der Waals surface area contributed by atoms with E-state index in [0.29, 0.717) is 22.2 Å². The number of anilines is 1. The maximum Gasteiger partial charge on any atom is 0.250 e. The smallest absolute Gasteiger partial charge is 0.250 e. The van der Waals surface area contributed by atoms with Crippen LogP contribution in [0.5, 0.6) is 11.5 Å². The van der Waals surface area contributed by atoms with Gasteiger partial charge in [0.05, 0.1) is 14.2 Å². The van der Waals surface area contributed by atoms with Crippen LogP contribution >= 0.6 is 23.8 Å². The third-order valence-corrected chi connectivity index (χ3v) is 4.11. The number of hydrogen-bond donors (Lipinski definition) is 2. The normalized spacial score (nSPS) is 10.5. The molecule has 2 rings (SSSR count). The molecule has 0 unspecified atom stereocenters. The van der Waals surface area contributed by atoms with Crippen LogP contribution in [0.4, 0.5) is 5.69 Å². The van der Waals surface area contributed by atoms with E-state index < -0.39 is 0 Å². The van der Waals surface area contributed by atoms with E-state index in [2.05, 4.69) is 10.6 Å². The van der Waals surface area contributed by atoms with E-state index in [-0.39, 0.29) is 11.0 Å². The van der Waals surface area contributed by atoms with Crippen molar-refractivity contribution in [1.82, 2.24) is 5.32 Å². The maximum absolute atomic E-state index is 12.0. The lowest BCUT2D eigenvalue weighted by Crippen LogP contribution is -2.32. The lowest BCUT2D eigenvalue weighted by Gasteiger charge is -2.09. The first kappa shape index (κ1) is 19.8. The number of hydrogen-bond acceptors (Lipinski definition) is 4. The summed E-state index contributed by atoms with van der Waals surface area (Å²) in [4.78, 5) is 12.0. The van der Waals surface area contributed by atoms with Crippen molar-refractivity contribution in [3.8, 4) is 11.5 Å². The molecule has 5 nitrogen and oxygen atoms in total. The predicted molar refractivity (Wildman–Crippen MR) is 109 cm³/mol. The molecule has 0 heterocycles. The van der Waals surface area contributed by atoms with Gasteiger partial charge in [0.25, 0.3) is 0 Å². The highest BCUT2D eigenvalue weighted by molar-refractivity contribution is 7.80. The molecule has 0 spiro atoms. The highest BCUT2D eigenvalue weighted by Gasteiger charge is 2.05. The lowest BCUT2D eigenvalue weighted by atomic mass is 10.2. The van der Waals surface area contributed by atoms with Crippen LogP contribution in [-0.4, -0.2) is 25.2 Å². The number of rotatable bonds is 5. The zero-order chi connectivity index (χ0) is 19.1. The summed E-state index contributed by atoms with van der Waals surface area (Å²) < 4.78 is 10.4. The molecule has 1 amide bonds. The van der Waals surface area contributed by atoms with Crippen molar-refractivity contribution in [1.29, 1.82) is 0 Å². The molecule has 2 aromatic carbocycles. The lowest BCUT2D eigenvalue weighted by molar-refractivity contribution is -0.115. The van der Waals surface area contributed by atoms with E-state index in [1.54, 1.807) is 38.5 Å². The molecule has 0 saturated carbocycles. The number of carbonyl (C=O) groups is 1. The summed E-state index contributed by atoms with van der Waals surface area (Å²) in [6.45, 7) is 1.91. The average molecular weight is 391 g/mol. The Labute approximate surface area is 163 Å². The van der Waals surface area contributed by atoms with Crippen LogP contribution in [0.25, 0.3) is 6.08 Å². The molecule has 0 radical (unpaired) electrons. The van der Waals surface area contributed by atoms with Gasteiger partial charge in [0.15, 0.2) is 16.6 Å². The Kier molecular flexibility index (Phi) is 7.00. The highest BCUT2D eigenvalue weighted by Crippen LogP contribution is 2.27. The van der Waals surface area contributed by atoms with Crippen molar-refractivity contribution in [2.24, 2.45) is 0 Å². The van der Waals surface area contributed by atoms with Crippen molar-refractivity contribution in [2.75, 3.05) is 19.5 Å². The minimum absolute atomic E-state index is 0.187. The number of thiocarbonyl (C=S) groups is 1. The Hall–Kier alpha value is -2.57. The SMILES string of the molecule is COc1ccc(C=CC(=O)NC(=S)Nc2ccc(C)c(Cl)c2)cc1OC. The molecule has 0 saturated heterocycles. The van der Waals surface area contributed by atoms with Gasteiger partial charge in [0, 0.05) is 16.8 Å². The summed E-state index contributed by atoms with van der Waals surface area (Å²) >= 11 is 11.2. The van der Waals surface area contributed by atoms with Crippen LogP contribution in [0.2, 0.25) is 5.02 Å². The molecule has 0 atom stereocenters. The quantitative estimate of drug-likeness (QED) is 0.592. The van der Waals surface area contributed by atoms with Crippen molar-refractivity contribution < 1.29 is 14.3 Å². The van der Waals surface area contributed by atoms with Gasteiger partial charge in [-0.1, -0.05) is 23.7 Å². The monoisotopic (exact) mass is 390 g/mol. The fraction of sp³-hybridized carbons (Fsp3) is 0.158. The Balaban J connectivity index is 1.96. The summed E-state index contributed by atoms with van der Waals surface area (Å²) in [5.41, 5.74) is 2.46.